The summed E-state index contributed by atoms with van der Waals surface area (Å²) in [5.74, 6) is 0.910. The SMILES string of the molecule is Cc1cccnc1-c1noc(COCCN)n1. The molecule has 2 aromatic heterocycles. The first-order chi connectivity index (χ1) is 8.31. The summed E-state index contributed by atoms with van der Waals surface area (Å²) in [5.41, 5.74) is 7.03. The average Bonchev–Trinajstić information content (AvgIpc) is 2.79. The predicted octanol–water partition coefficient (Wildman–Crippen LogP) is 0.915. The van der Waals surface area contributed by atoms with E-state index in [1.807, 2.05) is 19.1 Å². The minimum Gasteiger partial charge on any atom is -0.370 e. The number of hydrogen-bond donors (Lipinski definition) is 1. The summed E-state index contributed by atoms with van der Waals surface area (Å²) in [6.45, 7) is 3.17. The van der Waals surface area contributed by atoms with Gasteiger partial charge in [-0.05, 0) is 18.6 Å². The Bertz CT molecular complexity index is 484. The number of ether oxygens (including phenoxy) is 1. The molecular weight excluding hydrogens is 220 g/mol. The zero-order valence-electron chi connectivity index (χ0n) is 9.59. The lowest BCUT2D eigenvalue weighted by atomic mass is 10.2. The van der Waals surface area contributed by atoms with Crippen LogP contribution in [0.1, 0.15) is 11.5 Å². The molecule has 0 radical (unpaired) electrons. The molecule has 0 aliphatic heterocycles. The summed E-state index contributed by atoms with van der Waals surface area (Å²) in [6.07, 6.45) is 1.70. The molecule has 0 amide bonds. The van der Waals surface area contributed by atoms with Crippen LogP contribution in [0.25, 0.3) is 11.5 Å². The van der Waals surface area contributed by atoms with Gasteiger partial charge in [-0.1, -0.05) is 11.2 Å². The van der Waals surface area contributed by atoms with Gasteiger partial charge in [-0.25, -0.2) is 0 Å². The standard InChI is InChI=1S/C11H14N4O2/c1-8-3-2-5-13-10(8)11-14-9(17-15-11)7-16-6-4-12/h2-3,5H,4,6-7,12H2,1H3. The minimum absolute atomic E-state index is 0.274. The molecule has 2 aromatic rings. The number of hydrogen-bond acceptors (Lipinski definition) is 6. The fourth-order valence-electron chi connectivity index (χ4n) is 1.37. The monoisotopic (exact) mass is 234 g/mol. The highest BCUT2D eigenvalue weighted by molar-refractivity contribution is 5.52. The van der Waals surface area contributed by atoms with Crippen LogP contribution in [0.4, 0.5) is 0 Å². The Morgan fingerprint density at radius 3 is 3.12 bits per heavy atom. The molecule has 0 saturated heterocycles. The predicted molar refractivity (Wildman–Crippen MR) is 61.0 cm³/mol. The van der Waals surface area contributed by atoms with Gasteiger partial charge in [0, 0.05) is 12.7 Å². The van der Waals surface area contributed by atoms with Crippen molar-refractivity contribution < 1.29 is 9.26 Å². The van der Waals surface area contributed by atoms with E-state index in [2.05, 4.69) is 15.1 Å². The van der Waals surface area contributed by atoms with Gasteiger partial charge in [0.25, 0.3) is 5.89 Å². The van der Waals surface area contributed by atoms with E-state index in [-0.39, 0.29) is 6.61 Å². The van der Waals surface area contributed by atoms with Gasteiger partial charge in [-0.15, -0.1) is 0 Å². The van der Waals surface area contributed by atoms with Crippen LogP contribution in [-0.4, -0.2) is 28.3 Å². The number of aromatic nitrogens is 3. The Hall–Kier alpha value is -1.79. The van der Waals surface area contributed by atoms with Crippen LogP contribution in [0.2, 0.25) is 0 Å². The first-order valence-corrected chi connectivity index (χ1v) is 5.33. The molecular formula is C11H14N4O2. The van der Waals surface area contributed by atoms with Crippen LogP contribution in [0, 0.1) is 6.92 Å². The zero-order chi connectivity index (χ0) is 12.1. The lowest BCUT2D eigenvalue weighted by molar-refractivity contribution is 0.104. The third kappa shape index (κ3) is 2.86. The Morgan fingerprint density at radius 1 is 1.47 bits per heavy atom. The molecule has 0 aromatic carbocycles. The fraction of sp³-hybridized carbons (Fsp3) is 0.364. The Morgan fingerprint density at radius 2 is 2.35 bits per heavy atom. The van der Waals surface area contributed by atoms with E-state index < -0.39 is 0 Å². The van der Waals surface area contributed by atoms with Gasteiger partial charge in [-0.3, -0.25) is 4.98 Å². The van der Waals surface area contributed by atoms with Gasteiger partial charge in [-0.2, -0.15) is 4.98 Å². The van der Waals surface area contributed by atoms with Gasteiger partial charge in [0.1, 0.15) is 12.3 Å². The molecule has 2 N–H and O–H groups in total. The highest BCUT2D eigenvalue weighted by atomic mass is 16.5. The van der Waals surface area contributed by atoms with Crippen LogP contribution in [0.5, 0.6) is 0 Å². The molecule has 0 fully saturated rings. The van der Waals surface area contributed by atoms with E-state index in [0.29, 0.717) is 24.9 Å². The first kappa shape index (κ1) is 11.7. The smallest absolute Gasteiger partial charge is 0.253 e. The summed E-state index contributed by atoms with van der Waals surface area (Å²) in [5, 5.41) is 3.87. The van der Waals surface area contributed by atoms with Crippen LogP contribution < -0.4 is 5.73 Å². The van der Waals surface area contributed by atoms with Gasteiger partial charge >= 0.3 is 0 Å². The molecule has 90 valence electrons. The second-order valence-electron chi connectivity index (χ2n) is 3.52. The zero-order valence-corrected chi connectivity index (χ0v) is 9.59. The van der Waals surface area contributed by atoms with Crippen molar-refractivity contribution in [2.45, 2.75) is 13.5 Å². The van der Waals surface area contributed by atoms with Crippen molar-refractivity contribution in [2.75, 3.05) is 13.2 Å². The van der Waals surface area contributed by atoms with Crippen molar-refractivity contribution in [3.8, 4) is 11.5 Å². The molecule has 0 spiro atoms. The largest absolute Gasteiger partial charge is 0.370 e. The number of aryl methyl sites for hydroxylation is 1. The van der Waals surface area contributed by atoms with Crippen molar-refractivity contribution in [3.05, 3.63) is 29.8 Å². The van der Waals surface area contributed by atoms with Crippen LogP contribution in [0.3, 0.4) is 0 Å². The molecule has 2 heterocycles. The van der Waals surface area contributed by atoms with Crippen molar-refractivity contribution >= 4 is 0 Å². The summed E-state index contributed by atoms with van der Waals surface area (Å²) in [4.78, 5) is 8.42. The molecule has 6 heteroatoms. The van der Waals surface area contributed by atoms with E-state index in [4.69, 9.17) is 15.0 Å². The Kier molecular flexibility index (Phi) is 3.79. The Labute approximate surface area is 98.8 Å². The lowest BCUT2D eigenvalue weighted by Crippen LogP contribution is -2.08. The van der Waals surface area contributed by atoms with Crippen molar-refractivity contribution in [1.29, 1.82) is 0 Å². The van der Waals surface area contributed by atoms with E-state index >= 15 is 0 Å². The maximum Gasteiger partial charge on any atom is 0.253 e. The third-order valence-electron chi connectivity index (χ3n) is 2.18. The maximum absolute atomic E-state index is 5.31. The van der Waals surface area contributed by atoms with Gasteiger partial charge in [0.15, 0.2) is 0 Å². The fourth-order valence-corrected chi connectivity index (χ4v) is 1.37. The van der Waals surface area contributed by atoms with E-state index in [9.17, 15) is 0 Å². The summed E-state index contributed by atoms with van der Waals surface area (Å²) >= 11 is 0. The molecule has 0 aliphatic carbocycles. The lowest BCUT2D eigenvalue weighted by Gasteiger charge is -1.97. The van der Waals surface area contributed by atoms with Gasteiger partial charge < -0.3 is 15.0 Å². The Balaban J connectivity index is 2.10. The van der Waals surface area contributed by atoms with E-state index in [1.54, 1.807) is 6.20 Å². The third-order valence-corrected chi connectivity index (χ3v) is 2.18. The molecule has 17 heavy (non-hydrogen) atoms. The minimum atomic E-state index is 0.274. The number of nitrogens with zero attached hydrogens (tertiary/aromatic N) is 3. The van der Waals surface area contributed by atoms with Crippen LogP contribution in [0.15, 0.2) is 22.9 Å². The number of nitrogens with two attached hydrogens (primary N) is 1. The van der Waals surface area contributed by atoms with Crippen LogP contribution >= 0.6 is 0 Å². The molecule has 0 atom stereocenters. The first-order valence-electron chi connectivity index (χ1n) is 5.33. The number of rotatable bonds is 5. The highest BCUT2D eigenvalue weighted by Gasteiger charge is 2.11. The normalized spacial score (nSPS) is 10.7. The average molecular weight is 234 g/mol. The van der Waals surface area contributed by atoms with Crippen molar-refractivity contribution in [1.82, 2.24) is 15.1 Å². The van der Waals surface area contributed by atoms with Crippen molar-refractivity contribution in [2.24, 2.45) is 5.73 Å². The van der Waals surface area contributed by atoms with Crippen molar-refractivity contribution in [3.63, 3.8) is 0 Å². The number of pyridine rings is 1. The molecule has 6 nitrogen and oxygen atoms in total. The second-order valence-corrected chi connectivity index (χ2v) is 3.52. The molecule has 0 saturated carbocycles. The quantitative estimate of drug-likeness (QED) is 0.774. The molecule has 0 aliphatic rings. The summed E-state index contributed by atoms with van der Waals surface area (Å²) in [6, 6.07) is 3.81. The van der Waals surface area contributed by atoms with E-state index in [1.165, 1.54) is 0 Å². The summed E-state index contributed by atoms with van der Waals surface area (Å²) in [7, 11) is 0. The van der Waals surface area contributed by atoms with Crippen LogP contribution in [-0.2, 0) is 11.3 Å². The molecule has 0 bridgehead atoms. The molecule has 2 rings (SSSR count). The topological polar surface area (TPSA) is 87.1 Å². The van der Waals surface area contributed by atoms with Gasteiger partial charge in [0.2, 0.25) is 5.82 Å². The highest BCUT2D eigenvalue weighted by Crippen LogP contribution is 2.16. The second kappa shape index (κ2) is 5.51. The molecule has 0 unspecified atom stereocenters. The van der Waals surface area contributed by atoms with E-state index in [0.717, 1.165) is 11.3 Å². The van der Waals surface area contributed by atoms with Gasteiger partial charge in [0.05, 0.1) is 6.61 Å². The summed E-state index contributed by atoms with van der Waals surface area (Å²) < 4.78 is 10.3. The maximum atomic E-state index is 5.31.